The van der Waals surface area contributed by atoms with Crippen LogP contribution in [0.1, 0.15) is 47.1 Å². The lowest BCUT2D eigenvalue weighted by Crippen LogP contribution is -2.32. The Morgan fingerprint density at radius 2 is 1.17 bits per heavy atom. The third-order valence-corrected chi connectivity index (χ3v) is 3.50. The standard InChI is InChI=1S/C17H16N.3C2H6/c1-13-7-3-5-9-15(13)17-12-11-14-8-4-6-10-16(14)18(17)2;3*1-2/h3-12H,1-2H3;3*1-2H3/q+1;;;. The van der Waals surface area contributed by atoms with Crippen molar-refractivity contribution in [3.05, 3.63) is 66.2 Å². The first-order chi connectivity index (χ1) is 11.8. The summed E-state index contributed by atoms with van der Waals surface area (Å²) in [5.41, 5.74) is 5.12. The Hall–Kier alpha value is -2.15. The average molecular weight is 325 g/mol. The molecule has 0 atom stereocenters. The Labute approximate surface area is 149 Å². The van der Waals surface area contributed by atoms with Crippen LogP contribution in [-0.4, -0.2) is 0 Å². The minimum atomic E-state index is 1.26. The van der Waals surface area contributed by atoms with E-state index in [4.69, 9.17) is 0 Å². The van der Waals surface area contributed by atoms with Gasteiger partial charge in [0.15, 0.2) is 0 Å². The second kappa shape index (κ2) is 12.3. The zero-order chi connectivity index (χ0) is 18.5. The summed E-state index contributed by atoms with van der Waals surface area (Å²) < 4.78 is 2.26. The SMILES string of the molecule is CC.CC.CC.Cc1ccccc1-c1ccc2ccccc2[n+]1C. The maximum atomic E-state index is 2.26. The highest BCUT2D eigenvalue weighted by Gasteiger charge is 2.14. The number of rotatable bonds is 1. The molecule has 1 aromatic heterocycles. The minimum Gasteiger partial charge on any atom is -0.194 e. The summed E-state index contributed by atoms with van der Waals surface area (Å²) >= 11 is 0. The predicted octanol–water partition coefficient (Wildman–Crippen LogP) is 6.72. The summed E-state index contributed by atoms with van der Waals surface area (Å²) in [6.07, 6.45) is 0. The van der Waals surface area contributed by atoms with E-state index in [2.05, 4.69) is 79.2 Å². The van der Waals surface area contributed by atoms with Gasteiger partial charge in [0.25, 0.3) is 0 Å². The smallest absolute Gasteiger partial charge is 0.194 e. The average Bonchev–Trinajstić information content (AvgIpc) is 2.68. The Bertz CT molecular complexity index is 714. The molecule has 1 heterocycles. The van der Waals surface area contributed by atoms with Gasteiger partial charge in [-0.2, -0.15) is 4.57 Å². The van der Waals surface area contributed by atoms with Gasteiger partial charge >= 0.3 is 0 Å². The Kier molecular flexibility index (Phi) is 11.2. The van der Waals surface area contributed by atoms with Crippen molar-refractivity contribution in [1.29, 1.82) is 0 Å². The number of pyridine rings is 1. The largest absolute Gasteiger partial charge is 0.213 e. The molecule has 0 aliphatic carbocycles. The summed E-state index contributed by atoms with van der Waals surface area (Å²) in [5, 5.41) is 1.28. The van der Waals surface area contributed by atoms with Crippen LogP contribution < -0.4 is 4.57 Å². The van der Waals surface area contributed by atoms with Crippen molar-refractivity contribution in [2.75, 3.05) is 0 Å². The van der Waals surface area contributed by atoms with E-state index in [1.807, 2.05) is 41.5 Å². The number of hydrogen-bond acceptors (Lipinski definition) is 0. The Balaban J connectivity index is 0.000000798. The number of benzene rings is 2. The van der Waals surface area contributed by atoms with Crippen LogP contribution in [-0.2, 0) is 7.05 Å². The molecule has 1 nitrogen and oxygen atoms in total. The first kappa shape index (κ1) is 21.9. The van der Waals surface area contributed by atoms with Crippen molar-refractivity contribution in [3.8, 4) is 11.3 Å². The second-order valence-electron chi connectivity index (χ2n) is 4.65. The topological polar surface area (TPSA) is 3.88 Å². The van der Waals surface area contributed by atoms with Crippen LogP contribution in [0, 0.1) is 6.92 Å². The highest BCUT2D eigenvalue weighted by molar-refractivity contribution is 5.77. The van der Waals surface area contributed by atoms with Gasteiger partial charge in [-0.15, -0.1) is 0 Å². The molecule has 3 aromatic rings. The molecule has 0 aliphatic rings. The first-order valence-corrected chi connectivity index (χ1v) is 9.21. The first-order valence-electron chi connectivity index (χ1n) is 9.21. The van der Waals surface area contributed by atoms with E-state index in [0.29, 0.717) is 0 Å². The van der Waals surface area contributed by atoms with Crippen molar-refractivity contribution in [2.45, 2.75) is 48.5 Å². The summed E-state index contributed by atoms with van der Waals surface area (Å²) in [7, 11) is 2.13. The molecule has 0 fully saturated rings. The van der Waals surface area contributed by atoms with Crippen LogP contribution in [0.25, 0.3) is 22.2 Å². The van der Waals surface area contributed by atoms with Crippen LogP contribution in [0.15, 0.2) is 60.7 Å². The Morgan fingerprint density at radius 3 is 1.79 bits per heavy atom. The minimum absolute atomic E-state index is 1.26. The van der Waals surface area contributed by atoms with Gasteiger partial charge in [-0.05, 0) is 30.7 Å². The maximum absolute atomic E-state index is 2.26. The summed E-state index contributed by atoms with van der Waals surface area (Å²) in [6.45, 7) is 14.2. The number of para-hydroxylation sites is 1. The van der Waals surface area contributed by atoms with Gasteiger partial charge in [-0.3, -0.25) is 0 Å². The molecule has 1 heteroatoms. The van der Waals surface area contributed by atoms with E-state index in [-0.39, 0.29) is 0 Å². The molecule has 2 aromatic carbocycles. The van der Waals surface area contributed by atoms with Crippen molar-refractivity contribution >= 4 is 10.9 Å². The molecule has 0 N–H and O–H groups in total. The van der Waals surface area contributed by atoms with Gasteiger partial charge in [-0.1, -0.05) is 71.9 Å². The van der Waals surface area contributed by atoms with E-state index in [1.165, 1.54) is 27.7 Å². The fourth-order valence-corrected chi connectivity index (χ4v) is 2.47. The van der Waals surface area contributed by atoms with Gasteiger partial charge < -0.3 is 0 Å². The molecule has 24 heavy (non-hydrogen) atoms. The number of aromatic nitrogens is 1. The molecule has 0 unspecified atom stereocenters. The van der Waals surface area contributed by atoms with Gasteiger partial charge in [0.05, 0.1) is 0 Å². The number of aryl methyl sites for hydroxylation is 2. The second-order valence-corrected chi connectivity index (χ2v) is 4.65. The molecular weight excluding hydrogens is 290 g/mol. The van der Waals surface area contributed by atoms with Crippen molar-refractivity contribution in [1.82, 2.24) is 0 Å². The number of nitrogens with zero attached hydrogens (tertiary/aromatic N) is 1. The summed E-state index contributed by atoms with van der Waals surface area (Å²) in [4.78, 5) is 0. The van der Waals surface area contributed by atoms with Crippen LogP contribution in [0.3, 0.4) is 0 Å². The zero-order valence-corrected chi connectivity index (χ0v) is 16.7. The van der Waals surface area contributed by atoms with Crippen LogP contribution in [0.4, 0.5) is 0 Å². The Morgan fingerprint density at radius 1 is 0.625 bits per heavy atom. The van der Waals surface area contributed by atoms with Gasteiger partial charge in [0.2, 0.25) is 11.2 Å². The lowest BCUT2D eigenvalue weighted by molar-refractivity contribution is -0.633. The monoisotopic (exact) mass is 324 g/mol. The molecule has 0 aliphatic heterocycles. The molecular formula is C23H34N+. The highest BCUT2D eigenvalue weighted by atomic mass is 14.9. The maximum Gasteiger partial charge on any atom is 0.213 e. The van der Waals surface area contributed by atoms with Gasteiger partial charge in [-0.25, -0.2) is 0 Å². The molecule has 0 radical (unpaired) electrons. The highest BCUT2D eigenvalue weighted by Crippen LogP contribution is 2.21. The van der Waals surface area contributed by atoms with E-state index < -0.39 is 0 Å². The molecule has 0 bridgehead atoms. The van der Waals surface area contributed by atoms with E-state index in [0.717, 1.165) is 0 Å². The van der Waals surface area contributed by atoms with Crippen molar-refractivity contribution in [2.24, 2.45) is 7.05 Å². The van der Waals surface area contributed by atoms with E-state index in [9.17, 15) is 0 Å². The fourth-order valence-electron chi connectivity index (χ4n) is 2.47. The third-order valence-electron chi connectivity index (χ3n) is 3.50. The lowest BCUT2D eigenvalue weighted by atomic mass is 10.0. The molecule has 130 valence electrons. The van der Waals surface area contributed by atoms with Crippen LogP contribution in [0.2, 0.25) is 0 Å². The number of hydrogen-bond donors (Lipinski definition) is 0. The lowest BCUT2D eigenvalue weighted by Gasteiger charge is -2.05. The molecule has 0 amide bonds. The molecule has 0 saturated heterocycles. The predicted molar refractivity (Wildman–Crippen MR) is 109 cm³/mol. The van der Waals surface area contributed by atoms with E-state index in [1.54, 1.807) is 0 Å². The molecule has 3 rings (SSSR count). The quantitative estimate of drug-likeness (QED) is 0.437. The van der Waals surface area contributed by atoms with Gasteiger partial charge in [0, 0.05) is 23.1 Å². The normalized spacial score (nSPS) is 8.83. The number of fused-ring (bicyclic) bond motifs is 1. The van der Waals surface area contributed by atoms with Gasteiger partial charge in [0.1, 0.15) is 7.05 Å². The third kappa shape index (κ3) is 5.19. The molecule has 0 saturated carbocycles. The van der Waals surface area contributed by atoms with E-state index >= 15 is 0 Å². The summed E-state index contributed by atoms with van der Waals surface area (Å²) in [5.74, 6) is 0. The van der Waals surface area contributed by atoms with Crippen LogP contribution >= 0.6 is 0 Å². The van der Waals surface area contributed by atoms with Crippen LogP contribution in [0.5, 0.6) is 0 Å². The van der Waals surface area contributed by atoms with Crippen molar-refractivity contribution in [3.63, 3.8) is 0 Å². The molecule has 0 spiro atoms. The summed E-state index contributed by atoms with van der Waals surface area (Å²) in [6, 6.07) is 21.4. The van der Waals surface area contributed by atoms with Crippen molar-refractivity contribution < 1.29 is 4.57 Å². The zero-order valence-electron chi connectivity index (χ0n) is 16.7. The fraction of sp³-hybridized carbons (Fsp3) is 0.348.